The molecular weight excluding hydrogens is 182 g/mol. The Morgan fingerprint density at radius 3 is 2.07 bits per heavy atom. The maximum atomic E-state index is 3.43. The van der Waals surface area contributed by atoms with Crippen molar-refractivity contribution >= 4 is 0 Å². The molecule has 1 aromatic rings. The third-order valence-corrected chi connectivity index (χ3v) is 2.82. The SMILES string of the molecule is CCNCC(C)(C)c1cc(C)cc(C)c1. The predicted octanol–water partition coefficient (Wildman–Crippen LogP) is 3.19. The van der Waals surface area contributed by atoms with Crippen LogP contribution < -0.4 is 5.32 Å². The number of aryl methyl sites for hydroxylation is 2. The quantitative estimate of drug-likeness (QED) is 0.796. The lowest BCUT2D eigenvalue weighted by atomic mass is 9.83. The van der Waals surface area contributed by atoms with Crippen molar-refractivity contribution in [3.8, 4) is 0 Å². The van der Waals surface area contributed by atoms with Gasteiger partial charge >= 0.3 is 0 Å². The molecule has 0 aromatic heterocycles. The number of likely N-dealkylation sites (N-methyl/N-ethyl adjacent to an activating group) is 1. The Bertz CT molecular complexity index is 306. The molecule has 1 N–H and O–H groups in total. The Balaban J connectivity index is 2.93. The van der Waals surface area contributed by atoms with Crippen molar-refractivity contribution in [1.82, 2.24) is 5.32 Å². The third kappa shape index (κ3) is 3.35. The van der Waals surface area contributed by atoms with Crippen LogP contribution in [0.4, 0.5) is 0 Å². The van der Waals surface area contributed by atoms with Crippen LogP contribution in [-0.2, 0) is 5.41 Å². The van der Waals surface area contributed by atoms with E-state index in [1.807, 2.05) is 0 Å². The molecule has 1 nitrogen and oxygen atoms in total. The van der Waals surface area contributed by atoms with Crippen molar-refractivity contribution in [2.24, 2.45) is 0 Å². The molecule has 0 amide bonds. The molecule has 0 bridgehead atoms. The Morgan fingerprint density at radius 1 is 1.07 bits per heavy atom. The van der Waals surface area contributed by atoms with Crippen molar-refractivity contribution in [1.29, 1.82) is 0 Å². The fourth-order valence-electron chi connectivity index (χ4n) is 1.90. The minimum atomic E-state index is 0.215. The number of rotatable bonds is 4. The molecule has 0 unspecified atom stereocenters. The van der Waals surface area contributed by atoms with Gasteiger partial charge in [0.1, 0.15) is 0 Å². The zero-order valence-electron chi connectivity index (χ0n) is 10.6. The normalized spacial score (nSPS) is 11.8. The van der Waals surface area contributed by atoms with Crippen molar-refractivity contribution < 1.29 is 0 Å². The fraction of sp³-hybridized carbons (Fsp3) is 0.571. The van der Waals surface area contributed by atoms with Gasteiger partial charge in [-0.05, 0) is 26.0 Å². The van der Waals surface area contributed by atoms with E-state index >= 15 is 0 Å². The van der Waals surface area contributed by atoms with E-state index in [0.29, 0.717) is 0 Å². The van der Waals surface area contributed by atoms with E-state index in [-0.39, 0.29) is 5.41 Å². The van der Waals surface area contributed by atoms with E-state index in [4.69, 9.17) is 0 Å². The first-order chi connectivity index (χ1) is 6.95. The van der Waals surface area contributed by atoms with E-state index in [0.717, 1.165) is 13.1 Å². The second kappa shape index (κ2) is 4.80. The van der Waals surface area contributed by atoms with Gasteiger partial charge in [0.2, 0.25) is 0 Å². The van der Waals surface area contributed by atoms with Crippen molar-refractivity contribution in [3.05, 3.63) is 34.9 Å². The molecule has 0 fully saturated rings. The monoisotopic (exact) mass is 205 g/mol. The van der Waals surface area contributed by atoms with Crippen molar-refractivity contribution in [2.45, 2.75) is 40.0 Å². The summed E-state index contributed by atoms with van der Waals surface area (Å²) in [7, 11) is 0. The summed E-state index contributed by atoms with van der Waals surface area (Å²) in [5.74, 6) is 0. The molecule has 0 atom stereocenters. The van der Waals surface area contributed by atoms with Gasteiger partial charge in [-0.3, -0.25) is 0 Å². The van der Waals surface area contributed by atoms with Gasteiger partial charge in [0, 0.05) is 12.0 Å². The Labute approximate surface area is 93.9 Å². The molecule has 0 aliphatic carbocycles. The van der Waals surface area contributed by atoms with Crippen LogP contribution >= 0.6 is 0 Å². The second-order valence-electron chi connectivity index (χ2n) is 5.04. The molecular formula is C14H23N. The summed E-state index contributed by atoms with van der Waals surface area (Å²) in [6.07, 6.45) is 0. The highest BCUT2D eigenvalue weighted by atomic mass is 14.9. The first kappa shape index (κ1) is 12.3. The molecule has 84 valence electrons. The maximum absolute atomic E-state index is 3.43. The summed E-state index contributed by atoms with van der Waals surface area (Å²) in [6.45, 7) is 13.1. The van der Waals surface area contributed by atoms with Gasteiger partial charge in [-0.2, -0.15) is 0 Å². The van der Waals surface area contributed by atoms with Crippen LogP contribution in [0.5, 0.6) is 0 Å². The minimum absolute atomic E-state index is 0.215. The lowest BCUT2D eigenvalue weighted by Crippen LogP contribution is -2.32. The smallest absolute Gasteiger partial charge is 0.00430 e. The Morgan fingerprint density at radius 2 is 1.60 bits per heavy atom. The third-order valence-electron chi connectivity index (χ3n) is 2.82. The number of nitrogens with one attached hydrogen (secondary N) is 1. The molecule has 0 saturated carbocycles. The first-order valence-corrected chi connectivity index (χ1v) is 5.75. The van der Waals surface area contributed by atoms with Crippen molar-refractivity contribution in [2.75, 3.05) is 13.1 Å². The van der Waals surface area contributed by atoms with Crippen LogP contribution in [0.2, 0.25) is 0 Å². The summed E-state index contributed by atoms with van der Waals surface area (Å²) in [6, 6.07) is 6.82. The van der Waals surface area contributed by atoms with Gasteiger partial charge in [-0.15, -0.1) is 0 Å². The molecule has 1 aromatic carbocycles. The molecule has 1 rings (SSSR count). The highest BCUT2D eigenvalue weighted by Crippen LogP contribution is 2.24. The van der Waals surface area contributed by atoms with Gasteiger partial charge in [-0.25, -0.2) is 0 Å². The summed E-state index contributed by atoms with van der Waals surface area (Å²) in [5, 5.41) is 3.43. The molecule has 1 heteroatoms. The molecule has 0 heterocycles. The van der Waals surface area contributed by atoms with Gasteiger partial charge in [0.15, 0.2) is 0 Å². The number of benzene rings is 1. The minimum Gasteiger partial charge on any atom is -0.316 e. The maximum Gasteiger partial charge on any atom is 0.00430 e. The average molecular weight is 205 g/mol. The summed E-state index contributed by atoms with van der Waals surface area (Å²) >= 11 is 0. The van der Waals surface area contributed by atoms with E-state index in [2.05, 4.69) is 58.1 Å². The number of hydrogen-bond donors (Lipinski definition) is 1. The molecule has 0 aliphatic heterocycles. The lowest BCUT2D eigenvalue weighted by molar-refractivity contribution is 0.477. The topological polar surface area (TPSA) is 12.0 Å². The average Bonchev–Trinajstić information content (AvgIpc) is 2.13. The van der Waals surface area contributed by atoms with Crippen LogP contribution in [0.25, 0.3) is 0 Å². The van der Waals surface area contributed by atoms with Gasteiger partial charge < -0.3 is 5.32 Å². The van der Waals surface area contributed by atoms with Crippen LogP contribution in [0.15, 0.2) is 18.2 Å². The molecule has 0 saturated heterocycles. The van der Waals surface area contributed by atoms with Crippen LogP contribution in [-0.4, -0.2) is 13.1 Å². The molecule has 0 spiro atoms. The van der Waals surface area contributed by atoms with Crippen LogP contribution in [0.3, 0.4) is 0 Å². The van der Waals surface area contributed by atoms with E-state index in [1.54, 1.807) is 0 Å². The van der Waals surface area contributed by atoms with Gasteiger partial charge in [0.25, 0.3) is 0 Å². The summed E-state index contributed by atoms with van der Waals surface area (Å²) in [5.41, 5.74) is 4.36. The zero-order valence-corrected chi connectivity index (χ0v) is 10.6. The standard InChI is InChI=1S/C14H23N/c1-6-15-10-14(4,5)13-8-11(2)7-12(3)9-13/h7-9,15H,6,10H2,1-5H3. The summed E-state index contributed by atoms with van der Waals surface area (Å²) in [4.78, 5) is 0. The Kier molecular flexibility index (Phi) is 3.92. The van der Waals surface area contributed by atoms with Crippen LogP contribution in [0, 0.1) is 13.8 Å². The van der Waals surface area contributed by atoms with Gasteiger partial charge in [-0.1, -0.05) is 50.1 Å². The predicted molar refractivity (Wildman–Crippen MR) is 67.5 cm³/mol. The lowest BCUT2D eigenvalue weighted by Gasteiger charge is -2.26. The van der Waals surface area contributed by atoms with Crippen molar-refractivity contribution in [3.63, 3.8) is 0 Å². The molecule has 0 radical (unpaired) electrons. The number of hydrogen-bond acceptors (Lipinski definition) is 1. The largest absolute Gasteiger partial charge is 0.316 e. The van der Waals surface area contributed by atoms with E-state index < -0.39 is 0 Å². The fourth-order valence-corrected chi connectivity index (χ4v) is 1.90. The van der Waals surface area contributed by atoms with Crippen LogP contribution in [0.1, 0.15) is 37.5 Å². The van der Waals surface area contributed by atoms with E-state index in [9.17, 15) is 0 Å². The molecule has 15 heavy (non-hydrogen) atoms. The summed E-state index contributed by atoms with van der Waals surface area (Å²) < 4.78 is 0. The van der Waals surface area contributed by atoms with Gasteiger partial charge in [0.05, 0.1) is 0 Å². The molecule has 0 aliphatic rings. The zero-order chi connectivity index (χ0) is 11.5. The second-order valence-corrected chi connectivity index (χ2v) is 5.04. The highest BCUT2D eigenvalue weighted by Gasteiger charge is 2.20. The van der Waals surface area contributed by atoms with E-state index in [1.165, 1.54) is 16.7 Å². The highest BCUT2D eigenvalue weighted by molar-refractivity contribution is 5.33. The first-order valence-electron chi connectivity index (χ1n) is 5.75. The Hall–Kier alpha value is -0.820.